The Kier molecular flexibility index (Phi) is 6.20. The van der Waals surface area contributed by atoms with Crippen LogP contribution in [0, 0.1) is 11.8 Å². The Morgan fingerprint density at radius 2 is 1.87 bits per heavy atom. The SMILES string of the molecule is COC(=O)C(C)CN(C(=O)c1ccccc1)C1CCCCC1C. The minimum Gasteiger partial charge on any atom is -0.469 e. The van der Waals surface area contributed by atoms with Gasteiger partial charge in [-0.1, -0.05) is 44.9 Å². The minimum absolute atomic E-state index is 0.0140. The topological polar surface area (TPSA) is 46.6 Å². The Morgan fingerprint density at radius 1 is 1.22 bits per heavy atom. The van der Waals surface area contributed by atoms with Crippen molar-refractivity contribution in [3.63, 3.8) is 0 Å². The minimum atomic E-state index is -0.318. The quantitative estimate of drug-likeness (QED) is 0.781. The fraction of sp³-hybridized carbons (Fsp3) is 0.579. The molecule has 1 aromatic carbocycles. The van der Waals surface area contributed by atoms with Crippen LogP contribution in [0.25, 0.3) is 0 Å². The highest BCUT2D eigenvalue weighted by molar-refractivity contribution is 5.94. The van der Waals surface area contributed by atoms with Crippen molar-refractivity contribution in [3.8, 4) is 0 Å². The van der Waals surface area contributed by atoms with Crippen molar-refractivity contribution in [1.82, 2.24) is 4.90 Å². The number of benzene rings is 1. The fourth-order valence-corrected chi connectivity index (χ4v) is 3.45. The monoisotopic (exact) mass is 317 g/mol. The Bertz CT molecular complexity index is 529. The first-order valence-corrected chi connectivity index (χ1v) is 8.48. The molecular weight excluding hydrogens is 290 g/mol. The van der Waals surface area contributed by atoms with E-state index in [2.05, 4.69) is 6.92 Å². The highest BCUT2D eigenvalue weighted by Gasteiger charge is 2.33. The number of ether oxygens (including phenoxy) is 1. The van der Waals surface area contributed by atoms with E-state index < -0.39 is 0 Å². The first-order chi connectivity index (χ1) is 11.0. The van der Waals surface area contributed by atoms with Gasteiger partial charge in [0.05, 0.1) is 13.0 Å². The normalized spacial score (nSPS) is 22.2. The van der Waals surface area contributed by atoms with Crippen molar-refractivity contribution in [1.29, 1.82) is 0 Å². The van der Waals surface area contributed by atoms with E-state index in [4.69, 9.17) is 4.74 Å². The van der Waals surface area contributed by atoms with Crippen LogP contribution in [0.2, 0.25) is 0 Å². The molecule has 0 bridgehead atoms. The van der Waals surface area contributed by atoms with E-state index in [1.807, 2.05) is 42.2 Å². The maximum Gasteiger partial charge on any atom is 0.310 e. The molecule has 0 heterocycles. The molecule has 3 atom stereocenters. The van der Waals surface area contributed by atoms with Crippen LogP contribution in [0.3, 0.4) is 0 Å². The third-order valence-corrected chi connectivity index (χ3v) is 4.82. The van der Waals surface area contributed by atoms with Crippen LogP contribution in [-0.2, 0) is 9.53 Å². The zero-order valence-corrected chi connectivity index (χ0v) is 14.3. The van der Waals surface area contributed by atoms with Gasteiger partial charge in [-0.15, -0.1) is 0 Å². The molecule has 0 saturated heterocycles. The van der Waals surface area contributed by atoms with Gasteiger partial charge in [0.25, 0.3) is 5.91 Å². The fourth-order valence-electron chi connectivity index (χ4n) is 3.45. The van der Waals surface area contributed by atoms with E-state index in [-0.39, 0.29) is 23.8 Å². The molecule has 1 aliphatic carbocycles. The number of carbonyl (C=O) groups excluding carboxylic acids is 2. The second-order valence-electron chi connectivity index (χ2n) is 6.58. The van der Waals surface area contributed by atoms with Crippen LogP contribution in [-0.4, -0.2) is 36.5 Å². The maximum atomic E-state index is 13.0. The first kappa shape index (κ1) is 17.5. The van der Waals surface area contributed by atoms with Crippen LogP contribution >= 0.6 is 0 Å². The van der Waals surface area contributed by atoms with Gasteiger partial charge in [-0.05, 0) is 30.9 Å². The van der Waals surface area contributed by atoms with Crippen molar-refractivity contribution in [3.05, 3.63) is 35.9 Å². The van der Waals surface area contributed by atoms with Gasteiger partial charge < -0.3 is 9.64 Å². The standard InChI is InChI=1S/C19H27NO3/c1-14-9-7-8-12-17(14)20(13-15(2)19(22)23-3)18(21)16-10-5-4-6-11-16/h4-6,10-11,14-15,17H,7-9,12-13H2,1-3H3. The zero-order chi connectivity index (χ0) is 16.8. The van der Waals surface area contributed by atoms with E-state index in [9.17, 15) is 9.59 Å². The molecule has 1 aliphatic rings. The number of hydrogen-bond acceptors (Lipinski definition) is 3. The van der Waals surface area contributed by atoms with E-state index in [1.54, 1.807) is 0 Å². The number of carbonyl (C=O) groups is 2. The molecule has 4 heteroatoms. The number of nitrogens with zero attached hydrogens (tertiary/aromatic N) is 1. The van der Waals surface area contributed by atoms with Gasteiger partial charge >= 0.3 is 5.97 Å². The molecule has 0 aromatic heterocycles. The van der Waals surface area contributed by atoms with Crippen molar-refractivity contribution in [2.45, 2.75) is 45.6 Å². The molecule has 0 radical (unpaired) electrons. The summed E-state index contributed by atoms with van der Waals surface area (Å²) < 4.78 is 4.84. The van der Waals surface area contributed by atoms with Gasteiger partial charge in [-0.25, -0.2) is 0 Å². The van der Waals surface area contributed by atoms with Crippen LogP contribution in [0.4, 0.5) is 0 Å². The molecule has 1 amide bonds. The second-order valence-corrected chi connectivity index (χ2v) is 6.58. The van der Waals surface area contributed by atoms with E-state index >= 15 is 0 Å². The molecule has 1 aromatic rings. The number of esters is 1. The molecular formula is C19H27NO3. The average Bonchev–Trinajstić information content (AvgIpc) is 2.59. The van der Waals surface area contributed by atoms with Crippen molar-refractivity contribution in [2.75, 3.05) is 13.7 Å². The summed E-state index contributed by atoms with van der Waals surface area (Å²) in [4.78, 5) is 26.7. The summed E-state index contributed by atoms with van der Waals surface area (Å²) in [5, 5.41) is 0. The predicted octanol–water partition coefficient (Wildman–Crippen LogP) is 3.52. The largest absolute Gasteiger partial charge is 0.469 e. The smallest absolute Gasteiger partial charge is 0.310 e. The summed E-state index contributed by atoms with van der Waals surface area (Å²) in [6.07, 6.45) is 4.50. The number of methoxy groups -OCH3 is 1. The van der Waals surface area contributed by atoms with Crippen molar-refractivity contribution in [2.24, 2.45) is 11.8 Å². The summed E-state index contributed by atoms with van der Waals surface area (Å²) in [6.45, 7) is 4.44. The lowest BCUT2D eigenvalue weighted by Gasteiger charge is -2.39. The van der Waals surface area contributed by atoms with Gasteiger partial charge in [0, 0.05) is 18.2 Å². The molecule has 23 heavy (non-hydrogen) atoms. The summed E-state index contributed by atoms with van der Waals surface area (Å²) in [7, 11) is 1.39. The Labute approximate surface area is 138 Å². The van der Waals surface area contributed by atoms with Gasteiger partial charge in [0.1, 0.15) is 0 Å². The number of amides is 1. The van der Waals surface area contributed by atoms with E-state index in [0.717, 1.165) is 19.3 Å². The highest BCUT2D eigenvalue weighted by atomic mass is 16.5. The van der Waals surface area contributed by atoms with Gasteiger partial charge in [-0.3, -0.25) is 9.59 Å². The summed E-state index contributed by atoms with van der Waals surface area (Å²) in [5.41, 5.74) is 0.683. The molecule has 1 fully saturated rings. The predicted molar refractivity (Wildman–Crippen MR) is 90.1 cm³/mol. The third-order valence-electron chi connectivity index (χ3n) is 4.82. The van der Waals surface area contributed by atoms with Crippen LogP contribution in [0.5, 0.6) is 0 Å². The van der Waals surface area contributed by atoms with Crippen molar-refractivity contribution >= 4 is 11.9 Å². The second kappa shape index (κ2) is 8.14. The average molecular weight is 317 g/mol. The van der Waals surface area contributed by atoms with E-state index in [0.29, 0.717) is 18.0 Å². The van der Waals surface area contributed by atoms with Crippen LogP contribution < -0.4 is 0 Å². The summed E-state index contributed by atoms with van der Waals surface area (Å²) >= 11 is 0. The summed E-state index contributed by atoms with van der Waals surface area (Å²) in [5.74, 6) is -0.109. The van der Waals surface area contributed by atoms with E-state index in [1.165, 1.54) is 13.5 Å². The lowest BCUT2D eigenvalue weighted by molar-refractivity contribution is -0.145. The zero-order valence-electron chi connectivity index (χ0n) is 14.3. The van der Waals surface area contributed by atoms with Crippen LogP contribution in [0.15, 0.2) is 30.3 Å². The highest BCUT2D eigenvalue weighted by Crippen LogP contribution is 2.29. The molecule has 2 rings (SSSR count). The molecule has 0 spiro atoms. The molecule has 3 unspecified atom stereocenters. The summed E-state index contributed by atoms with van der Waals surface area (Å²) in [6, 6.07) is 9.53. The third kappa shape index (κ3) is 4.34. The Morgan fingerprint density at radius 3 is 2.48 bits per heavy atom. The molecule has 126 valence electrons. The lowest BCUT2D eigenvalue weighted by atomic mass is 9.84. The Hall–Kier alpha value is -1.84. The molecule has 4 nitrogen and oxygen atoms in total. The van der Waals surface area contributed by atoms with Crippen molar-refractivity contribution < 1.29 is 14.3 Å². The molecule has 0 N–H and O–H groups in total. The van der Waals surface area contributed by atoms with Gasteiger partial charge in [-0.2, -0.15) is 0 Å². The van der Waals surface area contributed by atoms with Gasteiger partial charge in [0.2, 0.25) is 0 Å². The van der Waals surface area contributed by atoms with Gasteiger partial charge in [0.15, 0.2) is 0 Å². The Balaban J connectivity index is 2.23. The molecule has 0 aliphatic heterocycles. The first-order valence-electron chi connectivity index (χ1n) is 8.48. The number of rotatable bonds is 5. The number of hydrogen-bond donors (Lipinski definition) is 0. The maximum absolute atomic E-state index is 13.0. The molecule has 1 saturated carbocycles. The lowest BCUT2D eigenvalue weighted by Crippen LogP contribution is -2.48. The van der Waals surface area contributed by atoms with Crippen LogP contribution in [0.1, 0.15) is 49.9 Å².